The maximum atomic E-state index is 10.2. The summed E-state index contributed by atoms with van der Waals surface area (Å²) in [5, 5.41) is 0. The molecule has 0 saturated heterocycles. The molecule has 3 nitrogen and oxygen atoms in total. The number of hydrogen-bond donors (Lipinski definition) is 0. The highest BCUT2D eigenvalue weighted by atomic mass is 16.5. The van der Waals surface area contributed by atoms with Crippen LogP contribution in [0.25, 0.3) is 0 Å². The number of ether oxygens (including phenoxy) is 2. The van der Waals surface area contributed by atoms with Crippen molar-refractivity contribution in [2.24, 2.45) is 0 Å². The van der Waals surface area contributed by atoms with Crippen molar-refractivity contribution in [3.63, 3.8) is 0 Å². The van der Waals surface area contributed by atoms with Gasteiger partial charge in [0.15, 0.2) is 0 Å². The van der Waals surface area contributed by atoms with Crippen molar-refractivity contribution in [3.05, 3.63) is 0 Å². The predicted octanol–water partition coefficient (Wildman–Crippen LogP) is 1.65. The Balaban J connectivity index is 0. The van der Waals surface area contributed by atoms with Crippen molar-refractivity contribution in [3.8, 4) is 0 Å². The molecule has 0 aliphatic rings. The van der Waals surface area contributed by atoms with E-state index in [0.29, 0.717) is 31.8 Å². The molecule has 74 valence electrons. The van der Waals surface area contributed by atoms with Gasteiger partial charge in [0.1, 0.15) is 5.78 Å². The van der Waals surface area contributed by atoms with Crippen molar-refractivity contribution in [2.45, 2.75) is 26.7 Å². The smallest absolute Gasteiger partial charge is 0.132 e. The second-order valence-corrected chi connectivity index (χ2v) is 2.23. The second kappa shape index (κ2) is 13.2. The predicted molar refractivity (Wildman–Crippen MR) is 49.3 cm³/mol. The molecule has 12 heavy (non-hydrogen) atoms. The van der Waals surface area contributed by atoms with Gasteiger partial charge in [-0.05, 0) is 0 Å². The molecule has 0 aromatic carbocycles. The van der Waals surface area contributed by atoms with Crippen LogP contribution in [-0.2, 0) is 14.3 Å². The molecule has 0 fully saturated rings. The summed E-state index contributed by atoms with van der Waals surface area (Å²) in [7, 11) is 3.30. The van der Waals surface area contributed by atoms with Crippen molar-refractivity contribution >= 4 is 5.78 Å². The Kier molecular flexibility index (Phi) is 15.5. The maximum Gasteiger partial charge on any atom is 0.132 e. The lowest BCUT2D eigenvalue weighted by atomic mass is 10.3. The van der Waals surface area contributed by atoms with Crippen molar-refractivity contribution < 1.29 is 14.3 Å². The van der Waals surface area contributed by atoms with E-state index in [0.717, 1.165) is 0 Å². The average molecular weight is 176 g/mol. The quantitative estimate of drug-likeness (QED) is 0.597. The molecule has 0 N–H and O–H groups in total. The number of hydrogen-bond acceptors (Lipinski definition) is 3. The van der Waals surface area contributed by atoms with E-state index in [4.69, 9.17) is 0 Å². The monoisotopic (exact) mass is 176 g/mol. The van der Waals surface area contributed by atoms with E-state index in [2.05, 4.69) is 9.47 Å². The molecule has 0 aromatic heterocycles. The van der Waals surface area contributed by atoms with E-state index >= 15 is 0 Å². The molecule has 0 rings (SSSR count). The number of carbonyl (C=O) groups is 1. The van der Waals surface area contributed by atoms with Crippen LogP contribution in [0.2, 0.25) is 0 Å². The van der Waals surface area contributed by atoms with Gasteiger partial charge < -0.3 is 9.47 Å². The van der Waals surface area contributed by atoms with Gasteiger partial charge in [0.25, 0.3) is 0 Å². The zero-order chi connectivity index (χ0) is 9.82. The van der Waals surface area contributed by atoms with E-state index in [-0.39, 0.29) is 0 Å². The number of ketones is 1. The van der Waals surface area contributed by atoms with Crippen LogP contribution in [0.3, 0.4) is 0 Å². The Bertz CT molecular complexity index is 81.8. The minimum atomic E-state index is 0.343. The van der Waals surface area contributed by atoms with Crippen LogP contribution in [0.5, 0.6) is 0 Å². The molecule has 0 atom stereocenters. The van der Waals surface area contributed by atoms with Crippen molar-refractivity contribution in [1.82, 2.24) is 0 Å². The molecule has 0 aromatic rings. The van der Waals surface area contributed by atoms with Gasteiger partial charge in [-0.1, -0.05) is 13.8 Å². The Morgan fingerprint density at radius 3 is 1.42 bits per heavy atom. The molecular weight excluding hydrogens is 156 g/mol. The molecule has 0 radical (unpaired) electrons. The lowest BCUT2D eigenvalue weighted by Crippen LogP contribution is -1.96. The third-order valence-corrected chi connectivity index (χ3v) is 1.28. The summed E-state index contributed by atoms with van der Waals surface area (Å²) in [5.41, 5.74) is 0. The molecule has 0 saturated carbocycles. The summed E-state index contributed by atoms with van der Waals surface area (Å²) in [4.78, 5) is 10.2. The van der Waals surface area contributed by atoms with Crippen molar-refractivity contribution in [1.29, 1.82) is 0 Å². The van der Waals surface area contributed by atoms with Crippen molar-refractivity contribution in [2.75, 3.05) is 27.4 Å². The number of Topliss-reactive ketones (excluding diaryl/α,β-unsaturated/α-hetero) is 1. The maximum absolute atomic E-state index is 10.2. The number of rotatable bonds is 5. The van der Waals surface area contributed by atoms with Gasteiger partial charge in [-0.15, -0.1) is 0 Å². The Morgan fingerprint density at radius 1 is 1.00 bits per heavy atom. The number of carbonyl (C=O) groups excluding carboxylic acids is 1. The zero-order valence-electron chi connectivity index (χ0n) is 8.55. The van der Waals surface area contributed by atoms with Crippen LogP contribution in [0.15, 0.2) is 0 Å². The molecule has 0 amide bonds. The van der Waals surface area contributed by atoms with Crippen LogP contribution in [0.1, 0.15) is 26.7 Å². The molecule has 0 aliphatic heterocycles. The topological polar surface area (TPSA) is 35.5 Å². The molecular formula is C9H20O3. The third kappa shape index (κ3) is 16.3. The average Bonchev–Trinajstić information content (AvgIpc) is 2.14. The Morgan fingerprint density at radius 2 is 1.33 bits per heavy atom. The van der Waals surface area contributed by atoms with E-state index in [1.165, 1.54) is 0 Å². The van der Waals surface area contributed by atoms with E-state index in [1.807, 2.05) is 13.8 Å². The lowest BCUT2D eigenvalue weighted by Gasteiger charge is -1.91. The fourth-order valence-corrected chi connectivity index (χ4v) is 0.417. The first-order valence-electron chi connectivity index (χ1n) is 4.22. The summed E-state index contributed by atoms with van der Waals surface area (Å²) in [6.45, 7) is 5.14. The summed E-state index contributed by atoms with van der Waals surface area (Å²) < 4.78 is 9.31. The Labute approximate surface area is 75.1 Å². The first-order valence-corrected chi connectivity index (χ1v) is 4.22. The summed E-state index contributed by atoms with van der Waals surface area (Å²) in [6.07, 6.45) is 1.38. The van der Waals surface area contributed by atoms with E-state index in [1.54, 1.807) is 14.2 Å². The highest BCUT2D eigenvalue weighted by molar-refractivity contribution is 5.77. The largest absolute Gasteiger partial charge is 0.382 e. The summed E-state index contributed by atoms with van der Waals surface area (Å²) >= 11 is 0. The molecule has 3 heteroatoms. The van der Waals surface area contributed by atoms with Gasteiger partial charge in [0, 0.05) is 27.1 Å². The fourth-order valence-electron chi connectivity index (χ4n) is 0.417. The fraction of sp³-hybridized carbons (Fsp3) is 0.889. The first kappa shape index (κ1) is 14.1. The SMILES string of the molecule is CCC(=O)CC.COCCOC. The first-order chi connectivity index (χ1) is 5.72. The van der Waals surface area contributed by atoms with Crippen LogP contribution in [0.4, 0.5) is 0 Å². The van der Waals surface area contributed by atoms with Crippen LogP contribution in [0, 0.1) is 0 Å². The van der Waals surface area contributed by atoms with Gasteiger partial charge in [-0.25, -0.2) is 0 Å². The van der Waals surface area contributed by atoms with Gasteiger partial charge in [-0.2, -0.15) is 0 Å². The molecule has 0 heterocycles. The number of methoxy groups -OCH3 is 2. The van der Waals surface area contributed by atoms with Crippen LogP contribution >= 0.6 is 0 Å². The third-order valence-electron chi connectivity index (χ3n) is 1.28. The van der Waals surface area contributed by atoms with Gasteiger partial charge >= 0.3 is 0 Å². The highest BCUT2D eigenvalue weighted by Crippen LogP contribution is 1.83. The Hall–Kier alpha value is -0.410. The normalized spacial score (nSPS) is 8.67. The van der Waals surface area contributed by atoms with Gasteiger partial charge in [-0.3, -0.25) is 4.79 Å². The molecule has 0 aliphatic carbocycles. The van der Waals surface area contributed by atoms with Crippen LogP contribution in [-0.4, -0.2) is 33.2 Å². The minimum Gasteiger partial charge on any atom is -0.382 e. The lowest BCUT2D eigenvalue weighted by molar-refractivity contribution is -0.118. The van der Waals surface area contributed by atoms with E-state index in [9.17, 15) is 4.79 Å². The summed E-state index contributed by atoms with van der Waals surface area (Å²) in [5.74, 6) is 0.343. The minimum absolute atomic E-state index is 0.343. The van der Waals surface area contributed by atoms with Crippen LogP contribution < -0.4 is 0 Å². The molecule has 0 unspecified atom stereocenters. The molecule has 0 spiro atoms. The standard InChI is InChI=1S/C5H10O.C4H10O2/c1-3-5(6)4-2;1-5-3-4-6-2/h2*3-4H2,1-2H3. The summed E-state index contributed by atoms with van der Waals surface area (Å²) in [6, 6.07) is 0. The molecule has 0 bridgehead atoms. The zero-order valence-corrected chi connectivity index (χ0v) is 8.55. The van der Waals surface area contributed by atoms with E-state index < -0.39 is 0 Å². The van der Waals surface area contributed by atoms with Gasteiger partial charge in [0.05, 0.1) is 13.2 Å². The second-order valence-electron chi connectivity index (χ2n) is 2.23. The highest BCUT2D eigenvalue weighted by Gasteiger charge is 1.86. The van der Waals surface area contributed by atoms with Gasteiger partial charge in [0.2, 0.25) is 0 Å².